The second-order valence-electron chi connectivity index (χ2n) is 6.29. The summed E-state index contributed by atoms with van der Waals surface area (Å²) in [6, 6.07) is 7.13. The first-order valence-corrected chi connectivity index (χ1v) is 8.26. The third kappa shape index (κ3) is 2.58. The molecule has 1 fully saturated rings. The van der Waals surface area contributed by atoms with Gasteiger partial charge in [0.2, 0.25) is 0 Å². The highest BCUT2D eigenvalue weighted by Crippen LogP contribution is 2.34. The lowest BCUT2D eigenvalue weighted by molar-refractivity contribution is 0.433. The second kappa shape index (κ2) is 5.77. The van der Waals surface area contributed by atoms with Gasteiger partial charge in [0.25, 0.3) is 0 Å². The van der Waals surface area contributed by atoms with Crippen molar-refractivity contribution >= 4 is 22.6 Å². The number of nitrogens with zero attached hydrogens (tertiary/aromatic N) is 2. The van der Waals surface area contributed by atoms with Gasteiger partial charge >= 0.3 is 0 Å². The SMILES string of the molecule is Cc1ccc2c(c1)nc(CCl)n2C1CCCC(C)CC1. The predicted molar refractivity (Wildman–Crippen MR) is 85.3 cm³/mol. The van der Waals surface area contributed by atoms with Crippen LogP contribution in [0.15, 0.2) is 18.2 Å². The number of aromatic nitrogens is 2. The van der Waals surface area contributed by atoms with E-state index in [4.69, 9.17) is 16.6 Å². The minimum atomic E-state index is 0.500. The van der Waals surface area contributed by atoms with Crippen molar-refractivity contribution < 1.29 is 0 Å². The lowest BCUT2D eigenvalue weighted by Crippen LogP contribution is -2.11. The minimum absolute atomic E-state index is 0.500. The first kappa shape index (κ1) is 13.9. The van der Waals surface area contributed by atoms with Gasteiger partial charge in [0, 0.05) is 6.04 Å². The van der Waals surface area contributed by atoms with Crippen molar-refractivity contribution in [3.05, 3.63) is 29.6 Å². The van der Waals surface area contributed by atoms with E-state index in [2.05, 4.69) is 36.6 Å². The van der Waals surface area contributed by atoms with Crippen LogP contribution in [-0.4, -0.2) is 9.55 Å². The van der Waals surface area contributed by atoms with E-state index in [-0.39, 0.29) is 0 Å². The third-order valence-corrected chi connectivity index (χ3v) is 4.87. The van der Waals surface area contributed by atoms with Crippen molar-refractivity contribution in [1.29, 1.82) is 0 Å². The molecule has 0 N–H and O–H groups in total. The zero-order valence-electron chi connectivity index (χ0n) is 12.4. The summed E-state index contributed by atoms with van der Waals surface area (Å²) in [5.41, 5.74) is 3.61. The van der Waals surface area contributed by atoms with Crippen molar-refractivity contribution in [2.24, 2.45) is 5.92 Å². The van der Waals surface area contributed by atoms with Crippen LogP contribution in [0, 0.1) is 12.8 Å². The van der Waals surface area contributed by atoms with Crippen LogP contribution in [0.25, 0.3) is 11.0 Å². The summed E-state index contributed by atoms with van der Waals surface area (Å²) in [5, 5.41) is 0. The van der Waals surface area contributed by atoms with Gasteiger partial charge in [0.1, 0.15) is 5.82 Å². The van der Waals surface area contributed by atoms with E-state index in [1.54, 1.807) is 0 Å². The number of hydrogen-bond donors (Lipinski definition) is 0. The van der Waals surface area contributed by atoms with Crippen LogP contribution < -0.4 is 0 Å². The molecule has 108 valence electrons. The molecular formula is C17H23ClN2. The van der Waals surface area contributed by atoms with Crippen LogP contribution in [0.4, 0.5) is 0 Å². The van der Waals surface area contributed by atoms with Gasteiger partial charge in [-0.1, -0.05) is 25.8 Å². The number of aryl methyl sites for hydroxylation is 1. The van der Waals surface area contributed by atoms with Crippen LogP contribution >= 0.6 is 11.6 Å². The summed E-state index contributed by atoms with van der Waals surface area (Å²) in [4.78, 5) is 4.75. The first-order valence-electron chi connectivity index (χ1n) is 7.72. The largest absolute Gasteiger partial charge is 0.324 e. The lowest BCUT2D eigenvalue weighted by atomic mass is 10.0. The Hall–Kier alpha value is -1.02. The van der Waals surface area contributed by atoms with E-state index in [0.29, 0.717) is 11.9 Å². The molecule has 2 atom stereocenters. The number of benzene rings is 1. The average molecular weight is 291 g/mol. The number of alkyl halides is 1. The van der Waals surface area contributed by atoms with E-state index < -0.39 is 0 Å². The summed E-state index contributed by atoms with van der Waals surface area (Å²) in [7, 11) is 0. The van der Waals surface area contributed by atoms with Gasteiger partial charge in [-0.25, -0.2) is 4.98 Å². The van der Waals surface area contributed by atoms with Gasteiger partial charge in [0.15, 0.2) is 0 Å². The van der Waals surface area contributed by atoms with Crippen LogP contribution in [0.1, 0.15) is 56.5 Å². The van der Waals surface area contributed by atoms with Gasteiger partial charge < -0.3 is 4.57 Å². The molecule has 0 bridgehead atoms. The van der Waals surface area contributed by atoms with Crippen LogP contribution in [-0.2, 0) is 5.88 Å². The van der Waals surface area contributed by atoms with Crippen LogP contribution in [0.5, 0.6) is 0 Å². The Balaban J connectivity index is 2.04. The van der Waals surface area contributed by atoms with Crippen molar-refractivity contribution in [2.45, 2.75) is 57.9 Å². The molecule has 1 heterocycles. The highest BCUT2D eigenvalue weighted by atomic mass is 35.5. The molecule has 0 radical (unpaired) electrons. The molecule has 2 aromatic rings. The second-order valence-corrected chi connectivity index (χ2v) is 6.56. The number of hydrogen-bond acceptors (Lipinski definition) is 1. The van der Waals surface area contributed by atoms with Crippen LogP contribution in [0.3, 0.4) is 0 Å². The normalized spacial score (nSPS) is 23.9. The quantitative estimate of drug-likeness (QED) is 0.547. The van der Waals surface area contributed by atoms with Crippen molar-refractivity contribution in [3.63, 3.8) is 0 Å². The monoisotopic (exact) mass is 290 g/mol. The number of halogens is 1. The summed E-state index contributed by atoms with van der Waals surface area (Å²) in [6.07, 6.45) is 6.51. The Kier molecular flexibility index (Phi) is 4.02. The van der Waals surface area contributed by atoms with Gasteiger partial charge in [-0.3, -0.25) is 0 Å². The smallest absolute Gasteiger partial charge is 0.125 e. The fourth-order valence-electron chi connectivity index (χ4n) is 3.49. The molecule has 0 aliphatic heterocycles. The Bertz CT molecular complexity index is 602. The van der Waals surface area contributed by atoms with E-state index in [1.165, 1.54) is 43.2 Å². The standard InChI is InChI=1S/C17H23ClN2/c1-12-4-3-5-14(8-6-12)20-16-9-7-13(2)10-15(16)19-17(20)11-18/h7,9-10,12,14H,3-6,8,11H2,1-2H3. The lowest BCUT2D eigenvalue weighted by Gasteiger charge is -2.19. The summed E-state index contributed by atoms with van der Waals surface area (Å²) in [5.74, 6) is 2.39. The third-order valence-electron chi connectivity index (χ3n) is 4.63. The number of imidazole rings is 1. The molecule has 1 aliphatic rings. The molecule has 2 nitrogen and oxygen atoms in total. The minimum Gasteiger partial charge on any atom is -0.324 e. The first-order chi connectivity index (χ1) is 9.69. The summed E-state index contributed by atoms with van der Waals surface area (Å²) < 4.78 is 2.42. The maximum absolute atomic E-state index is 6.15. The van der Waals surface area contributed by atoms with Gasteiger partial charge in [-0.15, -0.1) is 11.6 Å². The Labute approximate surface area is 126 Å². The Morgan fingerprint density at radius 3 is 2.90 bits per heavy atom. The molecule has 0 saturated heterocycles. The molecule has 0 amide bonds. The highest BCUT2D eigenvalue weighted by Gasteiger charge is 2.22. The molecule has 1 aromatic heterocycles. The Morgan fingerprint density at radius 2 is 2.10 bits per heavy atom. The Morgan fingerprint density at radius 1 is 1.25 bits per heavy atom. The molecule has 0 spiro atoms. The van der Waals surface area contributed by atoms with E-state index in [0.717, 1.165) is 17.3 Å². The van der Waals surface area contributed by atoms with Gasteiger partial charge in [-0.2, -0.15) is 0 Å². The van der Waals surface area contributed by atoms with E-state index >= 15 is 0 Å². The predicted octanol–water partition coefficient (Wildman–Crippen LogP) is 5.22. The van der Waals surface area contributed by atoms with Crippen molar-refractivity contribution in [3.8, 4) is 0 Å². The fourth-order valence-corrected chi connectivity index (χ4v) is 3.67. The van der Waals surface area contributed by atoms with E-state index in [1.807, 2.05) is 0 Å². The number of fused-ring (bicyclic) bond motifs is 1. The maximum Gasteiger partial charge on any atom is 0.125 e. The average Bonchev–Trinajstić information content (AvgIpc) is 2.66. The maximum atomic E-state index is 6.15. The molecule has 1 saturated carbocycles. The van der Waals surface area contributed by atoms with Crippen molar-refractivity contribution in [1.82, 2.24) is 9.55 Å². The summed E-state index contributed by atoms with van der Waals surface area (Å²) >= 11 is 6.15. The fraction of sp³-hybridized carbons (Fsp3) is 0.588. The van der Waals surface area contributed by atoms with E-state index in [9.17, 15) is 0 Å². The van der Waals surface area contributed by atoms with Gasteiger partial charge in [0.05, 0.1) is 16.9 Å². The molecule has 20 heavy (non-hydrogen) atoms. The van der Waals surface area contributed by atoms with Gasteiger partial charge in [-0.05, 0) is 49.8 Å². The molecule has 1 aromatic carbocycles. The molecule has 3 rings (SSSR count). The topological polar surface area (TPSA) is 17.8 Å². The zero-order valence-corrected chi connectivity index (χ0v) is 13.2. The zero-order chi connectivity index (χ0) is 14.1. The molecule has 1 aliphatic carbocycles. The number of rotatable bonds is 2. The van der Waals surface area contributed by atoms with Crippen LogP contribution in [0.2, 0.25) is 0 Å². The van der Waals surface area contributed by atoms with Crippen molar-refractivity contribution in [2.75, 3.05) is 0 Å². The molecule has 2 unspecified atom stereocenters. The molecular weight excluding hydrogens is 268 g/mol. The highest BCUT2D eigenvalue weighted by molar-refractivity contribution is 6.16. The molecule has 3 heteroatoms. The summed E-state index contributed by atoms with van der Waals surface area (Å²) in [6.45, 7) is 4.49.